The van der Waals surface area contributed by atoms with E-state index in [4.69, 9.17) is 11.6 Å². The number of piperidine rings is 1. The van der Waals surface area contributed by atoms with Crippen LogP contribution in [-0.2, 0) is 23.3 Å². The number of carbonyl (C=O) groups is 2. The Morgan fingerprint density at radius 1 is 0.927 bits per heavy atom. The van der Waals surface area contributed by atoms with Gasteiger partial charge in [0, 0.05) is 30.1 Å². The Morgan fingerprint density at radius 2 is 1.51 bits per heavy atom. The molecule has 1 unspecified atom stereocenters. The van der Waals surface area contributed by atoms with Gasteiger partial charge in [-0.2, -0.15) is 0 Å². The molecular formula is C33H35ClN4O3. The molecule has 0 aliphatic carbocycles. The predicted octanol–water partition coefficient (Wildman–Crippen LogP) is 5.62. The lowest BCUT2D eigenvalue weighted by molar-refractivity contribution is -0.140. The van der Waals surface area contributed by atoms with Crippen LogP contribution in [0.5, 0.6) is 0 Å². The molecule has 0 saturated carbocycles. The van der Waals surface area contributed by atoms with Gasteiger partial charge in [-0.3, -0.25) is 14.5 Å². The van der Waals surface area contributed by atoms with Gasteiger partial charge in [0.25, 0.3) is 5.91 Å². The van der Waals surface area contributed by atoms with Gasteiger partial charge in [-0.15, -0.1) is 0 Å². The summed E-state index contributed by atoms with van der Waals surface area (Å²) in [5.41, 5.74) is 4.71. The van der Waals surface area contributed by atoms with E-state index in [0.717, 1.165) is 31.5 Å². The van der Waals surface area contributed by atoms with Crippen LogP contribution in [0, 0.1) is 5.92 Å². The summed E-state index contributed by atoms with van der Waals surface area (Å²) in [6, 6.07) is 28.9. The number of rotatable bonds is 10. The highest BCUT2D eigenvalue weighted by atomic mass is 35.5. The zero-order valence-electron chi connectivity index (χ0n) is 23.2. The summed E-state index contributed by atoms with van der Waals surface area (Å²) in [6.45, 7) is 4.31. The Bertz CT molecular complexity index is 1420. The summed E-state index contributed by atoms with van der Waals surface area (Å²) in [7, 11) is 0. The second-order valence-electron chi connectivity index (χ2n) is 10.8. The molecule has 0 spiro atoms. The third kappa shape index (κ3) is 6.53. The average Bonchev–Trinajstić information content (AvgIpc) is 3.39. The molecule has 1 atom stereocenters. The molecule has 4 aromatic rings. The molecule has 1 aliphatic rings. The minimum atomic E-state index is -0.950. The first-order valence-electron chi connectivity index (χ1n) is 14.0. The highest BCUT2D eigenvalue weighted by Gasteiger charge is 2.38. The second-order valence-corrected chi connectivity index (χ2v) is 11.3. The van der Waals surface area contributed by atoms with E-state index in [9.17, 15) is 14.7 Å². The lowest BCUT2D eigenvalue weighted by Crippen LogP contribution is -2.43. The van der Waals surface area contributed by atoms with Gasteiger partial charge in [0.15, 0.2) is 0 Å². The number of carboxylic acid groups (broad SMARTS) is 1. The van der Waals surface area contributed by atoms with Crippen LogP contribution in [0.4, 0.5) is 0 Å². The number of nitrogens with one attached hydrogen (secondary N) is 1. The Kier molecular flexibility index (Phi) is 8.86. The van der Waals surface area contributed by atoms with Crippen LogP contribution in [0.15, 0.2) is 91.3 Å². The van der Waals surface area contributed by atoms with E-state index in [2.05, 4.69) is 75.9 Å². The van der Waals surface area contributed by atoms with Crippen molar-refractivity contribution in [2.45, 2.75) is 38.3 Å². The zero-order valence-corrected chi connectivity index (χ0v) is 23.9. The molecule has 2 heterocycles. The number of likely N-dealkylation sites (tertiary alicyclic amines) is 1. The van der Waals surface area contributed by atoms with Crippen molar-refractivity contribution in [1.29, 1.82) is 0 Å². The van der Waals surface area contributed by atoms with Crippen molar-refractivity contribution in [3.8, 4) is 0 Å². The van der Waals surface area contributed by atoms with E-state index in [1.807, 2.05) is 28.8 Å². The van der Waals surface area contributed by atoms with E-state index in [1.165, 1.54) is 11.1 Å². The van der Waals surface area contributed by atoms with Crippen LogP contribution in [0.2, 0.25) is 5.02 Å². The molecule has 5 rings (SSSR count). The highest BCUT2D eigenvalue weighted by molar-refractivity contribution is 6.30. The second kappa shape index (κ2) is 12.7. The molecule has 1 aromatic heterocycles. The number of aromatic nitrogens is 2. The summed E-state index contributed by atoms with van der Waals surface area (Å²) in [6.07, 6.45) is 3.59. The lowest BCUT2D eigenvalue weighted by atomic mass is 9.68. The number of hydrogen-bond acceptors (Lipinski definition) is 4. The molecule has 8 heteroatoms. The fourth-order valence-corrected chi connectivity index (χ4v) is 5.81. The molecule has 41 heavy (non-hydrogen) atoms. The average molecular weight is 571 g/mol. The molecule has 0 radical (unpaired) electrons. The SMILES string of the molecule is CC(CNC(=O)c1c(CN2CCC(c3ccccc3)(c3ccccc3)CC2)ncn1Cc1ccc(Cl)cc1)C(=O)O. The molecule has 0 bridgehead atoms. The van der Waals surface area contributed by atoms with Crippen molar-refractivity contribution in [2.75, 3.05) is 19.6 Å². The van der Waals surface area contributed by atoms with Gasteiger partial charge in [-0.1, -0.05) is 91.3 Å². The first-order valence-corrected chi connectivity index (χ1v) is 14.4. The predicted molar refractivity (Wildman–Crippen MR) is 160 cm³/mol. The number of nitrogens with zero attached hydrogens (tertiary/aromatic N) is 3. The van der Waals surface area contributed by atoms with Gasteiger partial charge < -0.3 is 15.0 Å². The number of carboxylic acids is 1. The Morgan fingerprint density at radius 3 is 2.07 bits per heavy atom. The van der Waals surface area contributed by atoms with Crippen LogP contribution in [0.3, 0.4) is 0 Å². The third-order valence-electron chi connectivity index (χ3n) is 8.12. The van der Waals surface area contributed by atoms with Gasteiger partial charge in [0.2, 0.25) is 0 Å². The Balaban J connectivity index is 1.37. The van der Waals surface area contributed by atoms with Crippen LogP contribution < -0.4 is 5.32 Å². The number of imidazole rings is 1. The van der Waals surface area contributed by atoms with E-state index >= 15 is 0 Å². The molecule has 1 saturated heterocycles. The van der Waals surface area contributed by atoms with E-state index < -0.39 is 11.9 Å². The first-order chi connectivity index (χ1) is 19.9. The first kappa shape index (κ1) is 28.6. The zero-order chi connectivity index (χ0) is 28.8. The van der Waals surface area contributed by atoms with Crippen molar-refractivity contribution in [2.24, 2.45) is 5.92 Å². The maximum absolute atomic E-state index is 13.4. The number of carbonyl (C=O) groups excluding carboxylic acids is 1. The summed E-state index contributed by atoms with van der Waals surface area (Å²) >= 11 is 6.07. The minimum absolute atomic E-state index is 0.0418. The monoisotopic (exact) mass is 570 g/mol. The fourth-order valence-electron chi connectivity index (χ4n) is 5.69. The lowest BCUT2D eigenvalue weighted by Gasteiger charge is -2.43. The van der Waals surface area contributed by atoms with E-state index in [-0.39, 0.29) is 17.9 Å². The van der Waals surface area contributed by atoms with Crippen molar-refractivity contribution in [3.63, 3.8) is 0 Å². The number of hydrogen-bond donors (Lipinski definition) is 2. The van der Waals surface area contributed by atoms with Gasteiger partial charge in [-0.05, 0) is 54.8 Å². The highest BCUT2D eigenvalue weighted by Crippen LogP contribution is 2.42. The fraction of sp³-hybridized carbons (Fsp3) is 0.303. The number of benzene rings is 3. The number of amides is 1. The molecule has 1 fully saturated rings. The van der Waals surface area contributed by atoms with Gasteiger partial charge in [-0.25, -0.2) is 4.98 Å². The summed E-state index contributed by atoms with van der Waals surface area (Å²) in [5, 5.41) is 12.8. The van der Waals surface area contributed by atoms with Crippen molar-refractivity contribution in [1.82, 2.24) is 19.8 Å². The molecule has 1 aliphatic heterocycles. The quantitative estimate of drug-likeness (QED) is 0.258. The number of aliphatic carboxylic acids is 1. The maximum Gasteiger partial charge on any atom is 0.308 e. The molecule has 2 N–H and O–H groups in total. The van der Waals surface area contributed by atoms with Crippen LogP contribution >= 0.6 is 11.6 Å². The normalized spacial score (nSPS) is 15.8. The minimum Gasteiger partial charge on any atom is -0.481 e. The van der Waals surface area contributed by atoms with Crippen LogP contribution in [-0.4, -0.2) is 51.1 Å². The van der Waals surface area contributed by atoms with Crippen molar-refractivity contribution in [3.05, 3.63) is 124 Å². The van der Waals surface area contributed by atoms with Gasteiger partial charge in [0.1, 0.15) is 5.69 Å². The van der Waals surface area contributed by atoms with Crippen molar-refractivity contribution < 1.29 is 14.7 Å². The number of halogens is 1. The summed E-state index contributed by atoms with van der Waals surface area (Å²) < 4.78 is 1.83. The maximum atomic E-state index is 13.4. The molecule has 3 aromatic carbocycles. The van der Waals surface area contributed by atoms with E-state index in [0.29, 0.717) is 29.5 Å². The Hall–Kier alpha value is -3.94. The molecule has 212 valence electrons. The van der Waals surface area contributed by atoms with Gasteiger partial charge in [0.05, 0.1) is 17.9 Å². The smallest absolute Gasteiger partial charge is 0.308 e. The van der Waals surface area contributed by atoms with E-state index in [1.54, 1.807) is 13.3 Å². The standard InChI is InChI=1S/C33H35ClN4O3/c1-24(32(40)41)20-35-31(39)30-29(36-23-38(30)21-25-12-14-28(34)15-13-25)22-37-18-16-33(17-19-37,26-8-4-2-5-9-26)27-10-6-3-7-11-27/h2-15,23-24H,16-22H2,1H3,(H,35,39)(H,40,41). The van der Waals surface area contributed by atoms with Crippen LogP contribution in [0.25, 0.3) is 0 Å². The largest absolute Gasteiger partial charge is 0.481 e. The van der Waals surface area contributed by atoms with Crippen molar-refractivity contribution >= 4 is 23.5 Å². The molecule has 7 nitrogen and oxygen atoms in total. The molecule has 1 amide bonds. The third-order valence-corrected chi connectivity index (χ3v) is 8.37. The topological polar surface area (TPSA) is 87.5 Å². The summed E-state index contributed by atoms with van der Waals surface area (Å²) in [4.78, 5) is 31.8. The molecular weight excluding hydrogens is 536 g/mol. The summed E-state index contributed by atoms with van der Waals surface area (Å²) in [5.74, 6) is -1.96. The van der Waals surface area contributed by atoms with Gasteiger partial charge >= 0.3 is 5.97 Å². The van der Waals surface area contributed by atoms with Crippen LogP contribution in [0.1, 0.15) is 52.6 Å². The Labute approximate surface area is 245 Å².